The van der Waals surface area contributed by atoms with Gasteiger partial charge >= 0.3 is 0 Å². The van der Waals surface area contributed by atoms with E-state index in [4.69, 9.17) is 0 Å². The molecule has 0 aliphatic carbocycles. The van der Waals surface area contributed by atoms with Gasteiger partial charge in [0.25, 0.3) is 0 Å². The molecule has 110 valence electrons. The summed E-state index contributed by atoms with van der Waals surface area (Å²) in [5, 5.41) is 12.2. The van der Waals surface area contributed by atoms with Crippen LogP contribution in [0.3, 0.4) is 0 Å². The molecule has 0 bridgehead atoms. The molecule has 0 aliphatic rings. The highest BCUT2D eigenvalue weighted by Crippen LogP contribution is 2.24. The Morgan fingerprint density at radius 1 is 1.35 bits per heavy atom. The Balaban J connectivity index is 2.58. The molecule has 0 aliphatic heterocycles. The van der Waals surface area contributed by atoms with Gasteiger partial charge in [0, 0.05) is 23.6 Å². The first-order valence-corrected chi connectivity index (χ1v) is 6.88. The lowest BCUT2D eigenvalue weighted by Crippen LogP contribution is -2.38. The van der Waals surface area contributed by atoms with Gasteiger partial charge in [-0.1, -0.05) is 32.0 Å². The van der Waals surface area contributed by atoms with Gasteiger partial charge in [-0.2, -0.15) is 0 Å². The largest absolute Gasteiger partial charge is 0.396 e. The summed E-state index contributed by atoms with van der Waals surface area (Å²) in [7, 11) is 0. The lowest BCUT2D eigenvalue weighted by atomic mass is 9.83. The van der Waals surface area contributed by atoms with Crippen molar-refractivity contribution in [2.45, 2.75) is 26.7 Å². The van der Waals surface area contributed by atoms with Crippen molar-refractivity contribution in [2.75, 3.05) is 13.2 Å². The van der Waals surface area contributed by atoms with Gasteiger partial charge in [-0.05, 0) is 25.0 Å². The van der Waals surface area contributed by atoms with Crippen LogP contribution < -0.4 is 5.32 Å². The molecule has 1 aromatic carbocycles. The van der Waals surface area contributed by atoms with Crippen LogP contribution in [-0.4, -0.2) is 24.2 Å². The van der Waals surface area contributed by atoms with E-state index in [0.29, 0.717) is 12.1 Å². The summed E-state index contributed by atoms with van der Waals surface area (Å²) in [6.07, 6.45) is 4.34. The zero-order valence-corrected chi connectivity index (χ0v) is 12.0. The predicted molar refractivity (Wildman–Crippen MR) is 78.5 cm³/mol. The Bertz CT molecular complexity index is 459. The molecule has 0 unspecified atom stereocenters. The van der Waals surface area contributed by atoms with Gasteiger partial charge in [0.1, 0.15) is 5.82 Å². The number of hydrogen-bond donors (Lipinski definition) is 2. The van der Waals surface area contributed by atoms with Crippen molar-refractivity contribution in [3.63, 3.8) is 0 Å². The second-order valence-corrected chi connectivity index (χ2v) is 4.94. The van der Waals surface area contributed by atoms with E-state index in [2.05, 4.69) is 5.32 Å². The molecule has 0 saturated heterocycles. The predicted octanol–water partition coefficient (Wildman–Crippen LogP) is 2.75. The number of carbonyl (C=O) groups excluding carboxylic acids is 1. The third-order valence-corrected chi connectivity index (χ3v) is 3.79. The van der Waals surface area contributed by atoms with Crippen molar-refractivity contribution < 1.29 is 14.3 Å². The summed E-state index contributed by atoms with van der Waals surface area (Å²) in [6.45, 7) is 4.43. The van der Waals surface area contributed by atoms with E-state index < -0.39 is 0 Å². The van der Waals surface area contributed by atoms with Gasteiger partial charge in [0.15, 0.2) is 0 Å². The standard InChI is InChI=1S/C16H22FNO2/c1-3-16(4-2,12-19)11-18-15(20)10-9-13-7-5-6-8-14(13)17/h5-10,19H,3-4,11-12H2,1-2H3,(H,18,20)/b10-9+. The van der Waals surface area contributed by atoms with Crippen LogP contribution in [0.4, 0.5) is 4.39 Å². The maximum absolute atomic E-state index is 13.4. The summed E-state index contributed by atoms with van der Waals surface area (Å²) < 4.78 is 13.4. The molecule has 0 heterocycles. The molecule has 3 nitrogen and oxygen atoms in total. The van der Waals surface area contributed by atoms with Gasteiger partial charge in [-0.25, -0.2) is 4.39 Å². The Morgan fingerprint density at radius 3 is 2.55 bits per heavy atom. The smallest absolute Gasteiger partial charge is 0.244 e. The van der Waals surface area contributed by atoms with Gasteiger partial charge in [-0.3, -0.25) is 4.79 Å². The first-order valence-electron chi connectivity index (χ1n) is 6.88. The maximum atomic E-state index is 13.4. The van der Waals surface area contributed by atoms with Gasteiger partial charge in [0.2, 0.25) is 5.91 Å². The summed E-state index contributed by atoms with van der Waals surface area (Å²) in [4.78, 5) is 11.7. The summed E-state index contributed by atoms with van der Waals surface area (Å²) in [5.41, 5.74) is 0.101. The van der Waals surface area contributed by atoms with Crippen LogP contribution >= 0.6 is 0 Å². The van der Waals surface area contributed by atoms with Crippen LogP contribution in [0.15, 0.2) is 30.3 Å². The SMILES string of the molecule is CCC(CC)(CO)CNC(=O)/C=C/c1ccccc1F. The second kappa shape index (κ2) is 7.80. The third kappa shape index (κ3) is 4.46. The normalized spacial score (nSPS) is 11.8. The molecule has 1 rings (SSSR count). The summed E-state index contributed by atoms with van der Waals surface area (Å²) in [5.74, 6) is -0.642. The average Bonchev–Trinajstić information content (AvgIpc) is 2.48. The molecular weight excluding hydrogens is 257 g/mol. The molecule has 1 amide bonds. The Kier molecular flexibility index (Phi) is 6.39. The number of aliphatic hydroxyl groups excluding tert-OH is 1. The zero-order chi connectivity index (χ0) is 15.0. The number of carbonyl (C=O) groups is 1. The second-order valence-electron chi connectivity index (χ2n) is 4.94. The number of rotatable bonds is 7. The quantitative estimate of drug-likeness (QED) is 0.754. The molecule has 2 N–H and O–H groups in total. The minimum atomic E-state index is -0.358. The van der Waals surface area contributed by atoms with E-state index >= 15 is 0 Å². The minimum Gasteiger partial charge on any atom is -0.396 e. The average molecular weight is 279 g/mol. The molecule has 0 aromatic heterocycles. The number of aliphatic hydroxyl groups is 1. The molecule has 0 saturated carbocycles. The van der Waals surface area contributed by atoms with Crippen LogP contribution in [0.1, 0.15) is 32.3 Å². The third-order valence-electron chi connectivity index (χ3n) is 3.79. The maximum Gasteiger partial charge on any atom is 0.244 e. The number of nitrogens with one attached hydrogen (secondary N) is 1. The Labute approximate surface area is 119 Å². The number of hydrogen-bond acceptors (Lipinski definition) is 2. The van der Waals surface area contributed by atoms with Crippen LogP contribution in [-0.2, 0) is 4.79 Å². The van der Waals surface area contributed by atoms with Crippen molar-refractivity contribution in [2.24, 2.45) is 5.41 Å². The fraction of sp³-hybridized carbons (Fsp3) is 0.438. The lowest BCUT2D eigenvalue weighted by Gasteiger charge is -2.29. The van der Waals surface area contributed by atoms with E-state index in [0.717, 1.165) is 12.8 Å². The van der Waals surface area contributed by atoms with E-state index in [1.807, 2.05) is 13.8 Å². The molecule has 0 atom stereocenters. The van der Waals surface area contributed by atoms with Crippen LogP contribution in [0.25, 0.3) is 6.08 Å². The number of amides is 1. The number of halogens is 1. The lowest BCUT2D eigenvalue weighted by molar-refractivity contribution is -0.117. The Hall–Kier alpha value is -1.68. The van der Waals surface area contributed by atoms with E-state index in [9.17, 15) is 14.3 Å². The highest BCUT2D eigenvalue weighted by Gasteiger charge is 2.25. The topological polar surface area (TPSA) is 49.3 Å². The van der Waals surface area contributed by atoms with Crippen molar-refractivity contribution >= 4 is 12.0 Å². The summed E-state index contributed by atoms with van der Waals surface area (Å²) >= 11 is 0. The van der Waals surface area contributed by atoms with Crippen molar-refractivity contribution in [3.8, 4) is 0 Å². The van der Waals surface area contributed by atoms with E-state index in [1.54, 1.807) is 18.2 Å². The van der Waals surface area contributed by atoms with Crippen LogP contribution in [0.5, 0.6) is 0 Å². The van der Waals surface area contributed by atoms with Gasteiger partial charge in [-0.15, -0.1) is 0 Å². The fourth-order valence-corrected chi connectivity index (χ4v) is 1.89. The van der Waals surface area contributed by atoms with Crippen LogP contribution in [0, 0.1) is 11.2 Å². The van der Waals surface area contributed by atoms with Crippen molar-refractivity contribution in [1.82, 2.24) is 5.32 Å². The van der Waals surface area contributed by atoms with Crippen molar-refractivity contribution in [1.29, 1.82) is 0 Å². The Morgan fingerprint density at radius 2 is 2.00 bits per heavy atom. The van der Waals surface area contributed by atoms with Crippen molar-refractivity contribution in [3.05, 3.63) is 41.7 Å². The molecular formula is C16H22FNO2. The molecule has 1 aromatic rings. The minimum absolute atomic E-state index is 0.0390. The monoisotopic (exact) mass is 279 g/mol. The fourth-order valence-electron chi connectivity index (χ4n) is 1.89. The highest BCUT2D eigenvalue weighted by molar-refractivity contribution is 5.91. The molecule has 20 heavy (non-hydrogen) atoms. The summed E-state index contributed by atoms with van der Waals surface area (Å²) in [6, 6.07) is 6.27. The first-order chi connectivity index (χ1) is 9.56. The molecule has 0 fully saturated rings. The highest BCUT2D eigenvalue weighted by atomic mass is 19.1. The zero-order valence-electron chi connectivity index (χ0n) is 12.0. The van der Waals surface area contributed by atoms with E-state index in [1.165, 1.54) is 18.2 Å². The van der Waals surface area contributed by atoms with Gasteiger partial charge in [0.05, 0.1) is 6.61 Å². The van der Waals surface area contributed by atoms with E-state index in [-0.39, 0.29) is 23.7 Å². The first kappa shape index (κ1) is 16.4. The van der Waals surface area contributed by atoms with Gasteiger partial charge < -0.3 is 10.4 Å². The number of benzene rings is 1. The van der Waals surface area contributed by atoms with Crippen LogP contribution in [0.2, 0.25) is 0 Å². The molecule has 0 spiro atoms. The molecule has 0 radical (unpaired) electrons. The molecule has 4 heteroatoms.